The number of nitrogens with two attached hydrogens (primary N) is 1. The van der Waals surface area contributed by atoms with Gasteiger partial charge in [-0.2, -0.15) is 4.98 Å². The van der Waals surface area contributed by atoms with Gasteiger partial charge in [-0.1, -0.05) is 0 Å². The molecular formula is C9H15N5O3. The normalized spacial score (nSPS) is 11.3. The second-order valence-electron chi connectivity index (χ2n) is 4.37. The molecule has 3 N–H and O–H groups in total. The Labute approximate surface area is 98.2 Å². The van der Waals surface area contributed by atoms with Crippen LogP contribution in [0.1, 0.15) is 13.8 Å². The average molecular weight is 241 g/mol. The van der Waals surface area contributed by atoms with Gasteiger partial charge in [-0.15, -0.1) is 0 Å². The van der Waals surface area contributed by atoms with Crippen molar-refractivity contribution in [2.45, 2.75) is 19.4 Å². The highest BCUT2D eigenvalue weighted by atomic mass is 16.6. The smallest absolute Gasteiger partial charge is 0.329 e. The third kappa shape index (κ3) is 3.52. The fourth-order valence-electron chi connectivity index (χ4n) is 1.35. The number of hydrogen-bond donors (Lipinski definition) is 2. The summed E-state index contributed by atoms with van der Waals surface area (Å²) in [5.41, 5.74) is 4.19. The van der Waals surface area contributed by atoms with Crippen LogP contribution < -0.4 is 10.6 Å². The van der Waals surface area contributed by atoms with Gasteiger partial charge >= 0.3 is 5.69 Å². The molecule has 0 aliphatic carbocycles. The van der Waals surface area contributed by atoms with Crippen molar-refractivity contribution < 1.29 is 10.0 Å². The Morgan fingerprint density at radius 1 is 1.65 bits per heavy atom. The van der Waals surface area contributed by atoms with Crippen molar-refractivity contribution in [1.82, 2.24) is 9.97 Å². The second kappa shape index (κ2) is 4.50. The highest BCUT2D eigenvalue weighted by Crippen LogP contribution is 2.20. The number of likely N-dealkylation sites (N-methyl/N-ethyl adjacent to an activating group) is 1. The molecule has 8 heteroatoms. The molecule has 0 saturated heterocycles. The van der Waals surface area contributed by atoms with Crippen LogP contribution >= 0.6 is 0 Å². The molecule has 8 nitrogen and oxygen atoms in total. The molecule has 0 saturated carbocycles. The van der Waals surface area contributed by atoms with Crippen LogP contribution in [0.4, 0.5) is 17.5 Å². The number of rotatable bonds is 4. The van der Waals surface area contributed by atoms with Gasteiger partial charge in [0.2, 0.25) is 11.8 Å². The first-order valence-corrected chi connectivity index (χ1v) is 4.91. The molecule has 94 valence electrons. The van der Waals surface area contributed by atoms with E-state index >= 15 is 0 Å². The quantitative estimate of drug-likeness (QED) is 0.569. The van der Waals surface area contributed by atoms with E-state index in [0.717, 1.165) is 6.20 Å². The molecule has 0 amide bonds. The number of hydrogen-bond acceptors (Lipinski definition) is 7. The minimum absolute atomic E-state index is 0.192. The van der Waals surface area contributed by atoms with E-state index in [-0.39, 0.29) is 24.0 Å². The van der Waals surface area contributed by atoms with Gasteiger partial charge in [-0.3, -0.25) is 10.1 Å². The molecule has 0 unspecified atom stereocenters. The third-order valence-corrected chi connectivity index (χ3v) is 1.95. The summed E-state index contributed by atoms with van der Waals surface area (Å²) < 4.78 is 0. The fourth-order valence-corrected chi connectivity index (χ4v) is 1.35. The maximum Gasteiger partial charge on any atom is 0.329 e. The Morgan fingerprint density at radius 3 is 2.65 bits per heavy atom. The number of anilines is 2. The summed E-state index contributed by atoms with van der Waals surface area (Å²) in [7, 11) is 1.67. The standard InChI is InChI=1S/C9H15N5O3/c1-9(2,15)5-13(3)8-11-4-6(14(16)17)7(10)12-8/h4,15H,5H2,1-3H3,(H2,10,11,12). The van der Waals surface area contributed by atoms with Gasteiger partial charge in [0.25, 0.3) is 0 Å². The summed E-state index contributed by atoms with van der Waals surface area (Å²) in [4.78, 5) is 19.1. The lowest BCUT2D eigenvalue weighted by molar-refractivity contribution is -0.384. The summed E-state index contributed by atoms with van der Waals surface area (Å²) in [5.74, 6) is 0.0396. The van der Waals surface area contributed by atoms with Crippen molar-refractivity contribution in [3.63, 3.8) is 0 Å². The Kier molecular flexibility index (Phi) is 3.47. The van der Waals surface area contributed by atoms with Crippen molar-refractivity contribution in [2.75, 3.05) is 24.2 Å². The molecule has 17 heavy (non-hydrogen) atoms. The van der Waals surface area contributed by atoms with Gasteiger partial charge in [0.05, 0.1) is 10.5 Å². The zero-order valence-corrected chi connectivity index (χ0v) is 9.91. The molecule has 0 aliphatic rings. The topological polar surface area (TPSA) is 118 Å². The first-order chi connectivity index (χ1) is 7.70. The van der Waals surface area contributed by atoms with E-state index in [9.17, 15) is 15.2 Å². The molecular weight excluding hydrogens is 226 g/mol. The highest BCUT2D eigenvalue weighted by molar-refractivity contribution is 5.53. The van der Waals surface area contributed by atoms with E-state index < -0.39 is 10.5 Å². The van der Waals surface area contributed by atoms with Gasteiger partial charge in [0, 0.05) is 13.6 Å². The lowest BCUT2D eigenvalue weighted by Gasteiger charge is -2.25. The largest absolute Gasteiger partial charge is 0.389 e. The first-order valence-electron chi connectivity index (χ1n) is 4.91. The first kappa shape index (κ1) is 13.1. The van der Waals surface area contributed by atoms with E-state index in [1.54, 1.807) is 25.8 Å². The minimum atomic E-state index is -0.922. The molecule has 0 radical (unpaired) electrons. The maximum absolute atomic E-state index is 10.5. The maximum atomic E-state index is 10.5. The highest BCUT2D eigenvalue weighted by Gasteiger charge is 2.20. The van der Waals surface area contributed by atoms with Crippen molar-refractivity contribution in [3.05, 3.63) is 16.3 Å². The molecule has 0 aromatic carbocycles. The van der Waals surface area contributed by atoms with Gasteiger partial charge < -0.3 is 15.7 Å². The SMILES string of the molecule is CN(CC(C)(C)O)c1ncc([N+](=O)[O-])c(N)n1. The molecule has 0 spiro atoms. The van der Waals surface area contributed by atoms with E-state index in [0.29, 0.717) is 0 Å². The predicted molar refractivity (Wildman–Crippen MR) is 62.7 cm³/mol. The number of nitrogen functional groups attached to an aromatic ring is 1. The van der Waals surface area contributed by atoms with Crippen molar-refractivity contribution in [1.29, 1.82) is 0 Å². The number of aromatic nitrogens is 2. The molecule has 0 bridgehead atoms. The minimum Gasteiger partial charge on any atom is -0.389 e. The van der Waals surface area contributed by atoms with Crippen LogP contribution in [0.25, 0.3) is 0 Å². The summed E-state index contributed by atoms with van der Waals surface area (Å²) in [6.45, 7) is 3.56. The molecule has 1 aromatic heterocycles. The fraction of sp³-hybridized carbons (Fsp3) is 0.556. The second-order valence-corrected chi connectivity index (χ2v) is 4.37. The molecule has 1 rings (SSSR count). The lowest BCUT2D eigenvalue weighted by atomic mass is 10.1. The summed E-state index contributed by atoms with van der Waals surface area (Å²) in [6, 6.07) is 0. The summed E-state index contributed by atoms with van der Waals surface area (Å²) in [5, 5.41) is 20.1. The third-order valence-electron chi connectivity index (χ3n) is 1.95. The predicted octanol–water partition coefficient (Wildman–Crippen LogP) is 0.174. The molecule has 0 fully saturated rings. The number of nitrogens with zero attached hydrogens (tertiary/aromatic N) is 4. The van der Waals surface area contributed by atoms with Crippen LogP contribution in [0.3, 0.4) is 0 Å². The Bertz CT molecular complexity index is 429. The average Bonchev–Trinajstić information content (AvgIpc) is 2.14. The van der Waals surface area contributed by atoms with E-state index in [2.05, 4.69) is 9.97 Å². The molecule has 0 aliphatic heterocycles. The van der Waals surface area contributed by atoms with E-state index in [1.165, 1.54) is 0 Å². The Morgan fingerprint density at radius 2 is 2.24 bits per heavy atom. The number of nitro groups is 1. The molecule has 0 atom stereocenters. The Balaban J connectivity index is 2.94. The van der Waals surface area contributed by atoms with Gasteiger partial charge in [0.1, 0.15) is 6.20 Å². The van der Waals surface area contributed by atoms with Gasteiger partial charge in [-0.25, -0.2) is 4.98 Å². The van der Waals surface area contributed by atoms with Crippen molar-refractivity contribution in [3.8, 4) is 0 Å². The molecule has 1 heterocycles. The van der Waals surface area contributed by atoms with Crippen LogP contribution in [0, 0.1) is 10.1 Å². The van der Waals surface area contributed by atoms with Gasteiger partial charge in [-0.05, 0) is 13.8 Å². The number of aliphatic hydroxyl groups is 1. The van der Waals surface area contributed by atoms with Crippen LogP contribution in [-0.2, 0) is 0 Å². The van der Waals surface area contributed by atoms with E-state index in [4.69, 9.17) is 5.73 Å². The summed E-state index contributed by atoms with van der Waals surface area (Å²) >= 11 is 0. The zero-order valence-electron chi connectivity index (χ0n) is 9.91. The monoisotopic (exact) mass is 241 g/mol. The van der Waals surface area contributed by atoms with Crippen LogP contribution in [0.2, 0.25) is 0 Å². The summed E-state index contributed by atoms with van der Waals surface area (Å²) in [6.07, 6.45) is 1.05. The van der Waals surface area contributed by atoms with Crippen LogP contribution in [-0.4, -0.2) is 39.2 Å². The zero-order chi connectivity index (χ0) is 13.2. The van der Waals surface area contributed by atoms with Gasteiger partial charge in [0.15, 0.2) is 0 Å². The molecule has 1 aromatic rings. The lowest BCUT2D eigenvalue weighted by Crippen LogP contribution is -2.37. The van der Waals surface area contributed by atoms with Crippen molar-refractivity contribution >= 4 is 17.5 Å². The van der Waals surface area contributed by atoms with Crippen LogP contribution in [0.15, 0.2) is 6.20 Å². The van der Waals surface area contributed by atoms with E-state index in [1.807, 2.05) is 0 Å². The van der Waals surface area contributed by atoms with Crippen LogP contribution in [0.5, 0.6) is 0 Å². The Hall–Kier alpha value is -1.96. The van der Waals surface area contributed by atoms with Crippen molar-refractivity contribution in [2.24, 2.45) is 0 Å².